The van der Waals surface area contributed by atoms with Crippen LogP contribution in [0.5, 0.6) is 0 Å². The highest BCUT2D eigenvalue weighted by Crippen LogP contribution is 2.26. The molecule has 0 bridgehead atoms. The van der Waals surface area contributed by atoms with E-state index >= 15 is 0 Å². The summed E-state index contributed by atoms with van der Waals surface area (Å²) in [6, 6.07) is 5.30. The first-order valence-corrected chi connectivity index (χ1v) is 5.46. The van der Waals surface area contributed by atoms with E-state index in [-0.39, 0.29) is 5.91 Å². The fraction of sp³-hybridized carbons (Fsp3) is 0.417. The maximum absolute atomic E-state index is 12.0. The van der Waals surface area contributed by atoms with Crippen LogP contribution in [-0.4, -0.2) is 39.3 Å². The number of hydroxylamine groups is 2. The number of hydrogen-bond donors (Lipinski definition) is 2. The Kier molecular flexibility index (Phi) is 4.94. The summed E-state index contributed by atoms with van der Waals surface area (Å²) < 4.78 is 5.20. The predicted molar refractivity (Wildman–Crippen MR) is 69.9 cm³/mol. The second-order valence-corrected chi connectivity index (χ2v) is 3.73. The van der Waals surface area contributed by atoms with E-state index in [9.17, 15) is 4.79 Å². The van der Waals surface area contributed by atoms with Gasteiger partial charge in [-0.3, -0.25) is 9.63 Å². The van der Waals surface area contributed by atoms with Crippen molar-refractivity contribution in [2.24, 2.45) is 0 Å². The van der Waals surface area contributed by atoms with Crippen molar-refractivity contribution in [2.75, 3.05) is 39.4 Å². The van der Waals surface area contributed by atoms with Crippen LogP contribution < -0.4 is 11.1 Å². The van der Waals surface area contributed by atoms with Gasteiger partial charge < -0.3 is 15.8 Å². The van der Waals surface area contributed by atoms with E-state index in [1.54, 1.807) is 25.2 Å². The molecular formula is C12H19N3O3. The first kappa shape index (κ1) is 14.3. The first-order chi connectivity index (χ1) is 8.54. The van der Waals surface area contributed by atoms with Crippen LogP contribution in [0.3, 0.4) is 0 Å². The summed E-state index contributed by atoms with van der Waals surface area (Å²) in [5, 5.41) is 4.08. The lowest BCUT2D eigenvalue weighted by molar-refractivity contribution is -0.179. The third-order valence-electron chi connectivity index (χ3n) is 2.69. The molecule has 1 amide bonds. The van der Waals surface area contributed by atoms with Gasteiger partial charge in [-0.15, -0.1) is 0 Å². The fourth-order valence-corrected chi connectivity index (χ4v) is 1.61. The molecule has 0 aliphatic heterocycles. The summed E-state index contributed by atoms with van der Waals surface area (Å²) in [7, 11) is 6.19. The number of nitrogens with one attached hydrogen (secondary N) is 1. The number of amides is 1. The number of nitrogens with zero attached hydrogens (tertiary/aromatic N) is 1. The highest BCUT2D eigenvalue weighted by atomic mass is 16.7. The SMILES string of the molecule is CNc1ccc(C(OC)C(=O)N(C)OC)cc1N. The van der Waals surface area contributed by atoms with Crippen molar-refractivity contribution in [3.05, 3.63) is 23.8 Å². The molecule has 1 aromatic carbocycles. The Bertz CT molecular complexity index is 423. The molecule has 1 atom stereocenters. The number of nitrogens with two attached hydrogens (primary N) is 1. The van der Waals surface area contributed by atoms with Gasteiger partial charge in [-0.05, 0) is 17.7 Å². The van der Waals surface area contributed by atoms with Crippen LogP contribution in [0, 0.1) is 0 Å². The van der Waals surface area contributed by atoms with Crippen LogP contribution in [0.15, 0.2) is 18.2 Å². The van der Waals surface area contributed by atoms with Gasteiger partial charge in [0.05, 0.1) is 18.5 Å². The minimum absolute atomic E-state index is 0.295. The van der Waals surface area contributed by atoms with Crippen LogP contribution in [0.25, 0.3) is 0 Å². The molecule has 1 rings (SSSR count). The molecule has 0 heterocycles. The van der Waals surface area contributed by atoms with Gasteiger partial charge in [-0.25, -0.2) is 5.06 Å². The topological polar surface area (TPSA) is 76.8 Å². The molecule has 100 valence electrons. The smallest absolute Gasteiger partial charge is 0.279 e. The van der Waals surface area contributed by atoms with Crippen molar-refractivity contribution < 1.29 is 14.4 Å². The highest BCUT2D eigenvalue weighted by molar-refractivity contribution is 5.82. The van der Waals surface area contributed by atoms with Crippen molar-refractivity contribution in [1.82, 2.24) is 5.06 Å². The number of benzene rings is 1. The molecule has 0 radical (unpaired) electrons. The van der Waals surface area contributed by atoms with Crippen molar-refractivity contribution in [3.63, 3.8) is 0 Å². The van der Waals surface area contributed by atoms with E-state index < -0.39 is 6.10 Å². The van der Waals surface area contributed by atoms with Gasteiger partial charge in [0, 0.05) is 21.2 Å². The zero-order valence-electron chi connectivity index (χ0n) is 11.1. The number of carbonyl (C=O) groups excluding carboxylic acids is 1. The van der Waals surface area contributed by atoms with Crippen LogP contribution in [0.1, 0.15) is 11.7 Å². The number of carbonyl (C=O) groups is 1. The van der Waals surface area contributed by atoms with Crippen LogP contribution in [-0.2, 0) is 14.4 Å². The number of anilines is 2. The molecule has 18 heavy (non-hydrogen) atoms. The van der Waals surface area contributed by atoms with E-state index in [1.165, 1.54) is 21.3 Å². The number of methoxy groups -OCH3 is 1. The van der Waals surface area contributed by atoms with Gasteiger partial charge in [-0.2, -0.15) is 0 Å². The predicted octanol–water partition coefficient (Wildman–Crippen LogP) is 1.02. The Hall–Kier alpha value is -1.79. The summed E-state index contributed by atoms with van der Waals surface area (Å²) in [5.74, 6) is -0.295. The molecule has 0 saturated carbocycles. The molecule has 0 saturated heterocycles. The van der Waals surface area contributed by atoms with E-state index in [0.29, 0.717) is 11.3 Å². The second kappa shape index (κ2) is 6.23. The molecule has 0 spiro atoms. The molecule has 6 heteroatoms. The standard InChI is InChI=1S/C12H19N3O3/c1-14-10-6-5-8(7-9(10)13)11(17-3)12(16)15(2)18-4/h5-7,11,14H,13H2,1-4H3. The quantitative estimate of drug-likeness (QED) is 0.605. The van der Waals surface area contributed by atoms with E-state index in [0.717, 1.165) is 10.8 Å². The maximum atomic E-state index is 12.0. The highest BCUT2D eigenvalue weighted by Gasteiger charge is 2.24. The van der Waals surface area contributed by atoms with E-state index in [4.69, 9.17) is 15.3 Å². The molecule has 1 unspecified atom stereocenters. The van der Waals surface area contributed by atoms with Gasteiger partial charge in [0.2, 0.25) is 0 Å². The zero-order chi connectivity index (χ0) is 13.7. The normalized spacial score (nSPS) is 12.0. The summed E-state index contributed by atoms with van der Waals surface area (Å²) in [6.07, 6.45) is -0.733. The minimum Gasteiger partial charge on any atom is -0.397 e. The second-order valence-electron chi connectivity index (χ2n) is 3.73. The van der Waals surface area contributed by atoms with Gasteiger partial charge >= 0.3 is 0 Å². The summed E-state index contributed by atoms with van der Waals surface area (Å²) in [4.78, 5) is 16.8. The monoisotopic (exact) mass is 253 g/mol. The number of nitrogen functional groups attached to an aromatic ring is 1. The summed E-state index contributed by atoms with van der Waals surface area (Å²) >= 11 is 0. The zero-order valence-corrected chi connectivity index (χ0v) is 11.1. The lowest BCUT2D eigenvalue weighted by Gasteiger charge is -2.21. The Balaban J connectivity index is 3.02. The Labute approximate surface area is 107 Å². The number of rotatable bonds is 5. The van der Waals surface area contributed by atoms with Gasteiger partial charge in [0.15, 0.2) is 6.10 Å². The van der Waals surface area contributed by atoms with Crippen LogP contribution >= 0.6 is 0 Å². The Morgan fingerprint density at radius 1 is 1.44 bits per heavy atom. The summed E-state index contributed by atoms with van der Waals surface area (Å²) in [5.41, 5.74) is 7.91. The molecule has 3 N–H and O–H groups in total. The van der Waals surface area contributed by atoms with E-state index in [1.807, 2.05) is 0 Å². The van der Waals surface area contributed by atoms with Crippen LogP contribution in [0.4, 0.5) is 11.4 Å². The molecule has 0 aromatic heterocycles. The number of likely N-dealkylation sites (N-methyl/N-ethyl adjacent to an activating group) is 1. The third-order valence-corrected chi connectivity index (χ3v) is 2.69. The molecule has 1 aromatic rings. The van der Waals surface area contributed by atoms with Gasteiger partial charge in [0.25, 0.3) is 5.91 Å². The minimum atomic E-state index is -0.733. The Morgan fingerprint density at radius 3 is 2.56 bits per heavy atom. The molecule has 0 fully saturated rings. The number of ether oxygens (including phenoxy) is 1. The molecule has 6 nitrogen and oxygen atoms in total. The lowest BCUT2D eigenvalue weighted by Crippen LogP contribution is -2.31. The lowest BCUT2D eigenvalue weighted by atomic mass is 10.1. The van der Waals surface area contributed by atoms with Crippen molar-refractivity contribution >= 4 is 17.3 Å². The fourth-order valence-electron chi connectivity index (χ4n) is 1.61. The average molecular weight is 253 g/mol. The van der Waals surface area contributed by atoms with E-state index in [2.05, 4.69) is 5.32 Å². The maximum Gasteiger partial charge on any atom is 0.279 e. The third kappa shape index (κ3) is 2.91. The largest absolute Gasteiger partial charge is 0.397 e. The van der Waals surface area contributed by atoms with Crippen molar-refractivity contribution in [3.8, 4) is 0 Å². The van der Waals surface area contributed by atoms with Crippen molar-refractivity contribution in [2.45, 2.75) is 6.10 Å². The average Bonchev–Trinajstić information content (AvgIpc) is 2.38. The van der Waals surface area contributed by atoms with Gasteiger partial charge in [0.1, 0.15) is 0 Å². The number of hydrogen-bond acceptors (Lipinski definition) is 5. The first-order valence-electron chi connectivity index (χ1n) is 5.46. The van der Waals surface area contributed by atoms with Crippen molar-refractivity contribution in [1.29, 1.82) is 0 Å². The molecule has 0 aliphatic rings. The molecule has 0 aliphatic carbocycles. The van der Waals surface area contributed by atoms with Crippen LogP contribution in [0.2, 0.25) is 0 Å². The molecular weight excluding hydrogens is 234 g/mol. The Morgan fingerprint density at radius 2 is 2.11 bits per heavy atom. The van der Waals surface area contributed by atoms with Gasteiger partial charge in [-0.1, -0.05) is 6.07 Å². The summed E-state index contributed by atoms with van der Waals surface area (Å²) in [6.45, 7) is 0.